The van der Waals surface area contributed by atoms with Crippen molar-refractivity contribution in [2.24, 2.45) is 5.73 Å². The Morgan fingerprint density at radius 1 is 1.21 bits per heavy atom. The molecule has 0 spiro atoms. The van der Waals surface area contributed by atoms with Crippen LogP contribution >= 0.6 is 23.4 Å². The molecule has 0 saturated heterocycles. The summed E-state index contributed by atoms with van der Waals surface area (Å²) in [7, 11) is 0. The number of thioether (sulfide) groups is 1. The van der Waals surface area contributed by atoms with Crippen molar-refractivity contribution in [1.29, 1.82) is 0 Å². The molecule has 0 aliphatic rings. The van der Waals surface area contributed by atoms with Crippen LogP contribution in [-0.2, 0) is 17.1 Å². The number of primary amides is 1. The highest BCUT2D eigenvalue weighted by atomic mass is 35.5. The third-order valence-corrected chi connectivity index (χ3v) is 5.24. The van der Waals surface area contributed by atoms with Gasteiger partial charge in [-0.2, -0.15) is 4.98 Å². The average molecular weight is 431 g/mol. The van der Waals surface area contributed by atoms with E-state index >= 15 is 0 Å². The van der Waals surface area contributed by atoms with Crippen molar-refractivity contribution in [3.8, 4) is 23.0 Å². The molecule has 148 valence electrons. The third kappa shape index (κ3) is 4.33. The van der Waals surface area contributed by atoms with E-state index in [9.17, 15) is 4.79 Å². The second-order valence-electron chi connectivity index (χ2n) is 5.94. The highest BCUT2D eigenvalue weighted by Crippen LogP contribution is 2.29. The Hall–Kier alpha value is -3.11. The van der Waals surface area contributed by atoms with Crippen molar-refractivity contribution in [1.82, 2.24) is 24.9 Å². The lowest BCUT2D eigenvalue weighted by molar-refractivity contribution is -0.118. The number of halogens is 1. The van der Waals surface area contributed by atoms with E-state index < -0.39 is 5.91 Å². The molecule has 0 fully saturated rings. The van der Waals surface area contributed by atoms with Gasteiger partial charge in [0.15, 0.2) is 22.6 Å². The van der Waals surface area contributed by atoms with Gasteiger partial charge in [-0.3, -0.25) is 9.36 Å². The van der Waals surface area contributed by atoms with Crippen LogP contribution in [0.15, 0.2) is 56.8 Å². The highest BCUT2D eigenvalue weighted by molar-refractivity contribution is 7.98. The van der Waals surface area contributed by atoms with E-state index in [4.69, 9.17) is 26.3 Å². The predicted molar refractivity (Wildman–Crippen MR) is 106 cm³/mol. The minimum atomic E-state index is -0.414. The maximum Gasteiger partial charge on any atom is 0.259 e. The van der Waals surface area contributed by atoms with Gasteiger partial charge < -0.3 is 14.7 Å². The number of aromatic nitrogens is 5. The number of benzene rings is 1. The lowest BCUT2D eigenvalue weighted by Crippen LogP contribution is -2.15. The van der Waals surface area contributed by atoms with Gasteiger partial charge in [0, 0.05) is 13.0 Å². The summed E-state index contributed by atoms with van der Waals surface area (Å²) < 4.78 is 12.5. The van der Waals surface area contributed by atoms with Crippen molar-refractivity contribution in [2.75, 3.05) is 0 Å². The lowest BCUT2D eigenvalue weighted by Gasteiger charge is -2.07. The highest BCUT2D eigenvalue weighted by Gasteiger charge is 2.18. The van der Waals surface area contributed by atoms with Gasteiger partial charge in [0.1, 0.15) is 0 Å². The van der Waals surface area contributed by atoms with Crippen molar-refractivity contribution < 1.29 is 13.7 Å². The number of furan rings is 1. The zero-order valence-electron chi connectivity index (χ0n) is 15.0. The molecule has 0 saturated carbocycles. The van der Waals surface area contributed by atoms with Crippen LogP contribution in [0.25, 0.3) is 23.0 Å². The summed E-state index contributed by atoms with van der Waals surface area (Å²) >= 11 is 7.53. The van der Waals surface area contributed by atoms with Crippen LogP contribution in [0.5, 0.6) is 0 Å². The van der Waals surface area contributed by atoms with E-state index in [0.29, 0.717) is 51.3 Å². The van der Waals surface area contributed by atoms with E-state index in [0.717, 1.165) is 0 Å². The second kappa shape index (κ2) is 8.50. The van der Waals surface area contributed by atoms with Crippen molar-refractivity contribution in [3.63, 3.8) is 0 Å². The van der Waals surface area contributed by atoms with E-state index in [1.807, 2.05) is 18.2 Å². The standard InChI is InChI=1S/C18H15ClN6O3S/c19-12-5-2-1-4-11(12)17-21-15(24-28-17)10-29-18-23-22-16(13-6-3-9-27-13)25(18)8-7-14(20)26/h1-6,9H,7-8,10H2,(H2,20,26). The summed E-state index contributed by atoms with van der Waals surface area (Å²) in [4.78, 5) is 15.6. The fraction of sp³-hybridized carbons (Fsp3) is 0.167. The monoisotopic (exact) mass is 430 g/mol. The van der Waals surface area contributed by atoms with Gasteiger partial charge in [0.05, 0.1) is 22.6 Å². The largest absolute Gasteiger partial charge is 0.461 e. The molecule has 0 unspecified atom stereocenters. The minimum Gasteiger partial charge on any atom is -0.461 e. The Kier molecular flexibility index (Phi) is 5.63. The van der Waals surface area contributed by atoms with Gasteiger partial charge in [-0.15, -0.1) is 10.2 Å². The zero-order valence-corrected chi connectivity index (χ0v) is 16.6. The molecule has 3 heterocycles. The van der Waals surface area contributed by atoms with Crippen LogP contribution in [0.3, 0.4) is 0 Å². The van der Waals surface area contributed by atoms with Gasteiger partial charge in [-0.25, -0.2) is 0 Å². The second-order valence-corrected chi connectivity index (χ2v) is 7.29. The Bertz CT molecular complexity index is 1120. The summed E-state index contributed by atoms with van der Waals surface area (Å²) in [6.07, 6.45) is 1.70. The van der Waals surface area contributed by atoms with Crippen LogP contribution in [0, 0.1) is 0 Å². The van der Waals surface area contributed by atoms with Crippen molar-refractivity contribution in [2.45, 2.75) is 23.9 Å². The summed E-state index contributed by atoms with van der Waals surface area (Å²) in [5, 5.41) is 13.5. The predicted octanol–water partition coefficient (Wildman–Crippen LogP) is 3.41. The van der Waals surface area contributed by atoms with E-state index in [1.165, 1.54) is 11.8 Å². The first-order valence-corrected chi connectivity index (χ1v) is 9.94. The number of hydrogen-bond donors (Lipinski definition) is 1. The summed E-state index contributed by atoms with van der Waals surface area (Å²) in [6, 6.07) is 10.8. The lowest BCUT2D eigenvalue weighted by atomic mass is 10.2. The molecule has 4 aromatic rings. The molecule has 3 aromatic heterocycles. The first-order valence-electron chi connectivity index (χ1n) is 8.57. The molecule has 2 N–H and O–H groups in total. The Morgan fingerprint density at radius 3 is 2.83 bits per heavy atom. The Labute approximate surface area is 174 Å². The van der Waals surface area contributed by atoms with Gasteiger partial charge in [-0.1, -0.05) is 40.7 Å². The normalized spacial score (nSPS) is 11.1. The van der Waals surface area contributed by atoms with Gasteiger partial charge in [-0.05, 0) is 24.3 Å². The fourth-order valence-corrected chi connectivity index (χ4v) is 3.62. The molecule has 11 heteroatoms. The maximum absolute atomic E-state index is 11.2. The smallest absolute Gasteiger partial charge is 0.259 e. The molecule has 1 amide bonds. The number of amides is 1. The van der Waals surface area contributed by atoms with Gasteiger partial charge >= 0.3 is 0 Å². The molecule has 4 rings (SSSR count). The first kappa shape index (κ1) is 19.2. The number of hydrogen-bond acceptors (Lipinski definition) is 8. The van der Waals surface area contributed by atoms with E-state index in [2.05, 4.69) is 20.3 Å². The zero-order chi connectivity index (χ0) is 20.2. The molecule has 1 aromatic carbocycles. The molecule has 0 bridgehead atoms. The number of carbonyl (C=O) groups is 1. The summed E-state index contributed by atoms with van der Waals surface area (Å²) in [6.45, 7) is 0.331. The van der Waals surface area contributed by atoms with Crippen LogP contribution < -0.4 is 5.73 Å². The molecule has 29 heavy (non-hydrogen) atoms. The average Bonchev–Trinajstić information content (AvgIpc) is 3.45. The van der Waals surface area contributed by atoms with Gasteiger partial charge in [0.25, 0.3) is 5.89 Å². The molecule has 0 aliphatic carbocycles. The number of nitrogens with two attached hydrogens (primary N) is 1. The molecule has 0 aliphatic heterocycles. The Balaban J connectivity index is 1.53. The van der Waals surface area contributed by atoms with Crippen LogP contribution in [0.1, 0.15) is 12.2 Å². The van der Waals surface area contributed by atoms with Crippen LogP contribution in [0.2, 0.25) is 5.02 Å². The van der Waals surface area contributed by atoms with Crippen molar-refractivity contribution in [3.05, 3.63) is 53.5 Å². The first-order chi connectivity index (χ1) is 14.1. The number of carbonyl (C=O) groups excluding carboxylic acids is 1. The SMILES string of the molecule is NC(=O)CCn1c(SCc2noc(-c3ccccc3Cl)n2)nnc1-c1ccco1. The van der Waals surface area contributed by atoms with Gasteiger partial charge in [0.2, 0.25) is 5.91 Å². The fourth-order valence-electron chi connectivity index (χ4n) is 2.59. The maximum atomic E-state index is 11.2. The molecule has 9 nitrogen and oxygen atoms in total. The minimum absolute atomic E-state index is 0.151. The molecule has 0 atom stereocenters. The van der Waals surface area contributed by atoms with Crippen molar-refractivity contribution >= 4 is 29.3 Å². The molecular formula is C18H15ClN6O3S. The van der Waals surface area contributed by atoms with Crippen LogP contribution in [-0.4, -0.2) is 30.8 Å². The van der Waals surface area contributed by atoms with E-state index in [-0.39, 0.29) is 6.42 Å². The summed E-state index contributed by atoms with van der Waals surface area (Å²) in [5.41, 5.74) is 5.97. The number of rotatable bonds is 8. The molecule has 0 radical (unpaired) electrons. The third-order valence-electron chi connectivity index (χ3n) is 3.94. The topological polar surface area (TPSA) is 126 Å². The molecular weight excluding hydrogens is 416 g/mol. The quantitative estimate of drug-likeness (QED) is 0.421. The Morgan fingerprint density at radius 2 is 2.07 bits per heavy atom. The number of nitrogens with zero attached hydrogens (tertiary/aromatic N) is 5. The summed E-state index contributed by atoms with van der Waals surface area (Å²) in [5.74, 6) is 1.87. The van der Waals surface area contributed by atoms with E-state index in [1.54, 1.807) is 29.0 Å². The van der Waals surface area contributed by atoms with Crippen LogP contribution in [0.4, 0.5) is 0 Å².